The van der Waals surface area contributed by atoms with Crippen LogP contribution in [0.4, 0.5) is 8.78 Å². The number of aromatic nitrogens is 2. The average Bonchev–Trinajstić information content (AvgIpc) is 3.06. The van der Waals surface area contributed by atoms with Crippen molar-refractivity contribution in [1.82, 2.24) is 19.6 Å². The molecule has 1 fully saturated rings. The molecule has 0 N–H and O–H groups in total. The number of carbonyl (C=O) groups excluding carboxylic acids is 1. The van der Waals surface area contributed by atoms with Crippen LogP contribution in [0.15, 0.2) is 24.3 Å². The Morgan fingerprint density at radius 2 is 1.79 bits per heavy atom. The van der Waals surface area contributed by atoms with Crippen molar-refractivity contribution in [2.75, 3.05) is 26.2 Å². The molecule has 2 heterocycles. The summed E-state index contributed by atoms with van der Waals surface area (Å²) >= 11 is 12.5. The number of amides is 1. The SMILES string of the molecule is Cc1cc(C(F)F)nn1C(C)C(=O)N1CCN(Cc2c(Cl)cccc2Cl)CC1. The highest BCUT2D eigenvalue weighted by molar-refractivity contribution is 6.35. The Balaban J connectivity index is 1.60. The third-order valence-electron chi connectivity index (χ3n) is 5.02. The molecule has 1 atom stereocenters. The van der Waals surface area contributed by atoms with E-state index < -0.39 is 12.5 Å². The molecule has 9 heteroatoms. The Kier molecular flexibility index (Phi) is 6.58. The Hall–Kier alpha value is -1.70. The standard InChI is InChI=1S/C19H22Cl2F2N4O/c1-12-10-17(18(22)23)24-27(12)13(2)19(28)26-8-6-25(7-9-26)11-14-15(20)4-3-5-16(14)21/h3-5,10,13,18H,6-9,11H2,1-2H3. The predicted octanol–water partition coefficient (Wildman–Crippen LogP) is 4.34. The molecule has 1 aromatic carbocycles. The largest absolute Gasteiger partial charge is 0.338 e. The molecule has 2 aromatic rings. The number of alkyl halides is 2. The van der Waals surface area contributed by atoms with Gasteiger partial charge in [-0.25, -0.2) is 8.78 Å². The summed E-state index contributed by atoms with van der Waals surface area (Å²) in [7, 11) is 0. The number of hydrogen-bond acceptors (Lipinski definition) is 3. The first kappa shape index (κ1) is 21.0. The van der Waals surface area contributed by atoms with Gasteiger partial charge in [-0.05, 0) is 32.0 Å². The summed E-state index contributed by atoms with van der Waals surface area (Å²) in [6, 6.07) is 6.12. The summed E-state index contributed by atoms with van der Waals surface area (Å²) in [5.74, 6) is -0.123. The van der Waals surface area contributed by atoms with Crippen molar-refractivity contribution in [1.29, 1.82) is 0 Å². The van der Waals surface area contributed by atoms with Crippen LogP contribution in [-0.4, -0.2) is 51.7 Å². The summed E-state index contributed by atoms with van der Waals surface area (Å²) < 4.78 is 27.1. The van der Waals surface area contributed by atoms with Crippen molar-refractivity contribution >= 4 is 29.1 Å². The van der Waals surface area contributed by atoms with Crippen molar-refractivity contribution < 1.29 is 13.6 Å². The summed E-state index contributed by atoms with van der Waals surface area (Å²) in [6.45, 7) is 6.44. The van der Waals surface area contributed by atoms with Gasteiger partial charge in [0, 0.05) is 54.0 Å². The van der Waals surface area contributed by atoms with E-state index in [1.54, 1.807) is 18.7 Å². The topological polar surface area (TPSA) is 41.4 Å². The highest BCUT2D eigenvalue weighted by Gasteiger charge is 2.28. The number of hydrogen-bond donors (Lipinski definition) is 0. The van der Waals surface area contributed by atoms with Gasteiger partial charge in [0.05, 0.1) is 0 Å². The van der Waals surface area contributed by atoms with Gasteiger partial charge in [-0.2, -0.15) is 5.10 Å². The summed E-state index contributed by atoms with van der Waals surface area (Å²) in [6.07, 6.45) is -2.65. The van der Waals surface area contributed by atoms with Gasteiger partial charge in [0.25, 0.3) is 6.43 Å². The molecule has 1 saturated heterocycles. The molecule has 1 aromatic heterocycles. The molecule has 1 aliphatic heterocycles. The second-order valence-corrected chi connectivity index (χ2v) is 7.75. The van der Waals surface area contributed by atoms with Crippen molar-refractivity contribution in [2.24, 2.45) is 0 Å². The van der Waals surface area contributed by atoms with E-state index >= 15 is 0 Å². The minimum atomic E-state index is -2.65. The zero-order valence-electron chi connectivity index (χ0n) is 15.7. The lowest BCUT2D eigenvalue weighted by Gasteiger charge is -2.36. The summed E-state index contributed by atoms with van der Waals surface area (Å²) in [5.41, 5.74) is 1.12. The van der Waals surface area contributed by atoms with Crippen molar-refractivity contribution in [3.05, 3.63) is 51.3 Å². The lowest BCUT2D eigenvalue weighted by molar-refractivity contribution is -0.136. The third-order valence-corrected chi connectivity index (χ3v) is 5.72. The molecule has 0 spiro atoms. The van der Waals surface area contributed by atoms with Gasteiger partial charge in [0.15, 0.2) is 0 Å². The summed E-state index contributed by atoms with van der Waals surface area (Å²) in [4.78, 5) is 16.8. The average molecular weight is 431 g/mol. The highest BCUT2D eigenvalue weighted by Crippen LogP contribution is 2.26. The van der Waals surface area contributed by atoms with Gasteiger partial charge in [-0.3, -0.25) is 14.4 Å². The number of aryl methyl sites for hydroxylation is 1. The predicted molar refractivity (Wildman–Crippen MR) is 105 cm³/mol. The molecule has 28 heavy (non-hydrogen) atoms. The van der Waals surface area contributed by atoms with Crippen LogP contribution in [0.3, 0.4) is 0 Å². The minimum Gasteiger partial charge on any atom is -0.338 e. The van der Waals surface area contributed by atoms with E-state index in [1.165, 1.54) is 10.7 Å². The van der Waals surface area contributed by atoms with Gasteiger partial charge in [-0.15, -0.1) is 0 Å². The first-order chi connectivity index (χ1) is 13.3. The van der Waals surface area contributed by atoms with Crippen LogP contribution < -0.4 is 0 Å². The first-order valence-corrected chi connectivity index (χ1v) is 9.81. The van der Waals surface area contributed by atoms with Gasteiger partial charge in [-0.1, -0.05) is 29.3 Å². The van der Waals surface area contributed by atoms with Gasteiger partial charge < -0.3 is 4.90 Å². The smallest absolute Gasteiger partial charge is 0.282 e. The van der Waals surface area contributed by atoms with E-state index in [1.807, 2.05) is 18.2 Å². The maximum atomic E-state index is 12.9. The Morgan fingerprint density at radius 1 is 1.18 bits per heavy atom. The number of halogens is 4. The van der Waals surface area contributed by atoms with E-state index in [0.717, 1.165) is 5.56 Å². The number of benzene rings is 1. The fourth-order valence-electron chi connectivity index (χ4n) is 3.41. The zero-order chi connectivity index (χ0) is 20.4. The summed E-state index contributed by atoms with van der Waals surface area (Å²) in [5, 5.41) is 5.15. The Morgan fingerprint density at radius 3 is 2.32 bits per heavy atom. The van der Waals surface area contributed by atoms with Crippen LogP contribution in [0.2, 0.25) is 10.0 Å². The molecule has 1 amide bonds. The van der Waals surface area contributed by atoms with Crippen molar-refractivity contribution in [2.45, 2.75) is 32.9 Å². The van der Waals surface area contributed by atoms with Crippen molar-refractivity contribution in [3.63, 3.8) is 0 Å². The lowest BCUT2D eigenvalue weighted by Crippen LogP contribution is -2.50. The van der Waals surface area contributed by atoms with Gasteiger partial charge in [0.2, 0.25) is 5.91 Å². The Labute approximate surface area is 172 Å². The zero-order valence-corrected chi connectivity index (χ0v) is 17.2. The van der Waals surface area contributed by atoms with Crippen LogP contribution in [0, 0.1) is 6.92 Å². The molecular formula is C19H22Cl2F2N4O. The molecule has 3 rings (SSSR count). The van der Waals surface area contributed by atoms with E-state index in [4.69, 9.17) is 23.2 Å². The number of rotatable bonds is 5. The molecular weight excluding hydrogens is 409 g/mol. The molecule has 5 nitrogen and oxygen atoms in total. The number of piperazine rings is 1. The fourth-order valence-corrected chi connectivity index (χ4v) is 3.93. The van der Waals surface area contributed by atoms with Crippen LogP contribution in [0.25, 0.3) is 0 Å². The van der Waals surface area contributed by atoms with Gasteiger partial charge >= 0.3 is 0 Å². The molecule has 0 aliphatic carbocycles. The van der Waals surface area contributed by atoms with Crippen LogP contribution in [-0.2, 0) is 11.3 Å². The second-order valence-electron chi connectivity index (χ2n) is 6.93. The van der Waals surface area contributed by atoms with Crippen LogP contribution in [0.1, 0.15) is 36.3 Å². The molecule has 0 radical (unpaired) electrons. The minimum absolute atomic E-state index is 0.123. The number of nitrogens with zero attached hydrogens (tertiary/aromatic N) is 4. The van der Waals surface area contributed by atoms with Crippen LogP contribution in [0.5, 0.6) is 0 Å². The highest BCUT2D eigenvalue weighted by atomic mass is 35.5. The van der Waals surface area contributed by atoms with E-state index in [2.05, 4.69) is 10.00 Å². The third kappa shape index (κ3) is 4.47. The molecule has 0 bridgehead atoms. The second kappa shape index (κ2) is 8.76. The van der Waals surface area contributed by atoms with E-state index in [0.29, 0.717) is 48.5 Å². The normalized spacial score (nSPS) is 16.6. The maximum absolute atomic E-state index is 12.9. The monoisotopic (exact) mass is 430 g/mol. The van der Waals surface area contributed by atoms with E-state index in [-0.39, 0.29) is 11.6 Å². The van der Waals surface area contributed by atoms with Crippen molar-refractivity contribution in [3.8, 4) is 0 Å². The fraction of sp³-hybridized carbons (Fsp3) is 0.474. The Bertz CT molecular complexity index is 830. The molecule has 1 unspecified atom stereocenters. The van der Waals surface area contributed by atoms with Gasteiger partial charge in [0.1, 0.15) is 11.7 Å². The quantitative estimate of drug-likeness (QED) is 0.708. The molecule has 1 aliphatic rings. The van der Waals surface area contributed by atoms with E-state index in [9.17, 15) is 13.6 Å². The molecule has 152 valence electrons. The lowest BCUT2D eigenvalue weighted by atomic mass is 10.2. The number of carbonyl (C=O) groups is 1. The molecule has 0 saturated carbocycles. The first-order valence-electron chi connectivity index (χ1n) is 9.06. The van der Waals surface area contributed by atoms with Crippen LogP contribution >= 0.6 is 23.2 Å². The maximum Gasteiger partial charge on any atom is 0.282 e.